The molecule has 0 aromatic carbocycles. The van der Waals surface area contributed by atoms with Crippen LogP contribution in [0.5, 0.6) is 0 Å². The molecular weight excluding hydrogens is 282 g/mol. The lowest BCUT2D eigenvalue weighted by Crippen LogP contribution is -2.32. The Kier molecular flexibility index (Phi) is 4.88. The zero-order chi connectivity index (χ0) is 16.1. The van der Waals surface area contributed by atoms with Crippen LogP contribution in [0, 0.1) is 0 Å². The largest absolute Gasteiger partial charge is 0.348 e. The molecule has 0 radical (unpaired) electrons. The van der Waals surface area contributed by atoms with E-state index in [9.17, 15) is 9.59 Å². The molecule has 7 nitrogen and oxygen atoms in total. The number of imidazole rings is 1. The smallest absolute Gasteiger partial charge is 0.271 e. The third-order valence-electron chi connectivity index (χ3n) is 3.14. The minimum Gasteiger partial charge on any atom is -0.348 e. The fourth-order valence-corrected chi connectivity index (χ4v) is 1.78. The number of rotatable bonds is 5. The molecule has 2 rings (SSSR count). The monoisotopic (exact) mass is 301 g/mol. The summed E-state index contributed by atoms with van der Waals surface area (Å²) < 4.78 is 1.66. The van der Waals surface area contributed by atoms with E-state index in [1.165, 1.54) is 13.3 Å². The Morgan fingerprint density at radius 2 is 2.09 bits per heavy atom. The van der Waals surface area contributed by atoms with Crippen LogP contribution >= 0.6 is 0 Å². The average molecular weight is 301 g/mol. The molecule has 0 aliphatic rings. The second-order valence-corrected chi connectivity index (χ2v) is 5.04. The molecule has 2 aromatic heterocycles. The Balaban J connectivity index is 2.10. The number of aromatic nitrogens is 3. The molecule has 2 amide bonds. The van der Waals surface area contributed by atoms with E-state index in [1.807, 2.05) is 13.8 Å². The van der Waals surface area contributed by atoms with Crippen molar-refractivity contribution in [3.05, 3.63) is 36.5 Å². The maximum Gasteiger partial charge on any atom is 0.271 e. The van der Waals surface area contributed by atoms with Crippen molar-refractivity contribution in [2.75, 3.05) is 5.32 Å². The molecule has 0 saturated carbocycles. The van der Waals surface area contributed by atoms with Crippen LogP contribution in [0.1, 0.15) is 37.7 Å². The predicted molar refractivity (Wildman–Crippen MR) is 82.9 cm³/mol. The Morgan fingerprint density at radius 3 is 2.68 bits per heavy atom. The van der Waals surface area contributed by atoms with Gasteiger partial charge in [-0.05, 0) is 25.5 Å². The third kappa shape index (κ3) is 3.91. The molecule has 0 aliphatic carbocycles. The van der Waals surface area contributed by atoms with Gasteiger partial charge in [0.15, 0.2) is 0 Å². The van der Waals surface area contributed by atoms with E-state index in [2.05, 4.69) is 20.6 Å². The Hall–Kier alpha value is -2.70. The molecule has 2 aromatic rings. The van der Waals surface area contributed by atoms with Crippen molar-refractivity contribution >= 4 is 17.5 Å². The van der Waals surface area contributed by atoms with Gasteiger partial charge in [0.25, 0.3) is 5.91 Å². The number of carbonyl (C=O) groups is 2. The van der Waals surface area contributed by atoms with Crippen molar-refractivity contribution in [2.45, 2.75) is 33.2 Å². The molecule has 0 unspecified atom stereocenters. The lowest BCUT2D eigenvalue weighted by Gasteiger charge is -2.09. The number of pyridine rings is 1. The molecule has 2 heterocycles. The zero-order valence-corrected chi connectivity index (χ0v) is 12.8. The molecule has 1 atom stereocenters. The zero-order valence-electron chi connectivity index (χ0n) is 12.8. The summed E-state index contributed by atoms with van der Waals surface area (Å²) in [5.41, 5.74) is 0.958. The summed E-state index contributed by atoms with van der Waals surface area (Å²) in [6.45, 7) is 5.38. The number of nitrogens with zero attached hydrogens (tertiary/aromatic N) is 3. The van der Waals surface area contributed by atoms with E-state index in [4.69, 9.17) is 0 Å². The first kappa shape index (κ1) is 15.7. The molecule has 0 saturated heterocycles. The normalized spacial score (nSPS) is 11.8. The standard InChI is InChI=1S/C15H19N5O2/c1-4-10(2)18-15(22)13-8-20(9-17-13)14-6-5-12(7-16-14)19-11(3)21/h5-10H,4H2,1-3H3,(H,18,22)(H,19,21)/t10-/m0/s1. The highest BCUT2D eigenvalue weighted by Gasteiger charge is 2.12. The van der Waals surface area contributed by atoms with Gasteiger partial charge >= 0.3 is 0 Å². The molecule has 7 heteroatoms. The van der Waals surface area contributed by atoms with Crippen molar-refractivity contribution < 1.29 is 9.59 Å². The van der Waals surface area contributed by atoms with Crippen molar-refractivity contribution in [1.82, 2.24) is 19.9 Å². The molecule has 22 heavy (non-hydrogen) atoms. The van der Waals surface area contributed by atoms with Crippen LogP contribution in [0.25, 0.3) is 5.82 Å². The van der Waals surface area contributed by atoms with Crippen LogP contribution in [0.4, 0.5) is 5.69 Å². The quantitative estimate of drug-likeness (QED) is 0.880. The Labute approximate surface area is 128 Å². The van der Waals surface area contributed by atoms with Gasteiger partial charge in [0.1, 0.15) is 17.8 Å². The van der Waals surface area contributed by atoms with Gasteiger partial charge in [0.05, 0.1) is 11.9 Å². The first-order chi connectivity index (χ1) is 10.5. The van der Waals surface area contributed by atoms with Gasteiger partial charge in [0.2, 0.25) is 5.91 Å². The first-order valence-corrected chi connectivity index (χ1v) is 7.08. The van der Waals surface area contributed by atoms with E-state index >= 15 is 0 Å². The lowest BCUT2D eigenvalue weighted by molar-refractivity contribution is -0.114. The number of hydrogen-bond acceptors (Lipinski definition) is 4. The molecule has 0 bridgehead atoms. The molecule has 0 aliphatic heterocycles. The maximum absolute atomic E-state index is 12.0. The highest BCUT2D eigenvalue weighted by molar-refractivity contribution is 5.92. The van der Waals surface area contributed by atoms with E-state index in [-0.39, 0.29) is 17.9 Å². The first-order valence-electron chi connectivity index (χ1n) is 7.08. The van der Waals surface area contributed by atoms with E-state index in [0.29, 0.717) is 17.2 Å². The summed E-state index contributed by atoms with van der Waals surface area (Å²) in [5, 5.41) is 5.50. The molecule has 0 spiro atoms. The molecule has 0 fully saturated rings. The average Bonchev–Trinajstić information content (AvgIpc) is 2.97. The number of anilines is 1. The van der Waals surface area contributed by atoms with Gasteiger partial charge < -0.3 is 10.6 Å². The summed E-state index contributed by atoms with van der Waals surface area (Å²) in [4.78, 5) is 31.3. The van der Waals surface area contributed by atoms with E-state index in [0.717, 1.165) is 6.42 Å². The molecule has 2 N–H and O–H groups in total. The Morgan fingerprint density at radius 1 is 1.32 bits per heavy atom. The summed E-state index contributed by atoms with van der Waals surface area (Å²) >= 11 is 0. The minimum absolute atomic E-state index is 0.104. The van der Waals surface area contributed by atoms with Gasteiger partial charge in [0, 0.05) is 19.2 Å². The van der Waals surface area contributed by atoms with Gasteiger partial charge in [-0.25, -0.2) is 9.97 Å². The second kappa shape index (κ2) is 6.84. The number of hydrogen-bond donors (Lipinski definition) is 2. The van der Waals surface area contributed by atoms with Crippen molar-refractivity contribution in [3.63, 3.8) is 0 Å². The van der Waals surface area contributed by atoms with Gasteiger partial charge in [-0.1, -0.05) is 6.92 Å². The molecular formula is C15H19N5O2. The highest BCUT2D eigenvalue weighted by atomic mass is 16.2. The van der Waals surface area contributed by atoms with Crippen molar-refractivity contribution in [3.8, 4) is 5.82 Å². The van der Waals surface area contributed by atoms with Gasteiger partial charge in [-0.15, -0.1) is 0 Å². The van der Waals surface area contributed by atoms with E-state index < -0.39 is 0 Å². The summed E-state index contributed by atoms with van der Waals surface area (Å²) in [6.07, 6.45) is 5.57. The molecule has 116 valence electrons. The van der Waals surface area contributed by atoms with Crippen LogP contribution in [0.2, 0.25) is 0 Å². The van der Waals surface area contributed by atoms with Crippen LogP contribution < -0.4 is 10.6 Å². The summed E-state index contributed by atoms with van der Waals surface area (Å²) in [6, 6.07) is 3.58. The van der Waals surface area contributed by atoms with Gasteiger partial charge in [-0.3, -0.25) is 14.2 Å². The van der Waals surface area contributed by atoms with Gasteiger partial charge in [-0.2, -0.15) is 0 Å². The predicted octanol–water partition coefficient (Wildman–Crippen LogP) is 1.75. The van der Waals surface area contributed by atoms with Crippen molar-refractivity contribution in [1.29, 1.82) is 0 Å². The second-order valence-electron chi connectivity index (χ2n) is 5.04. The fraction of sp³-hybridized carbons (Fsp3) is 0.333. The fourth-order valence-electron chi connectivity index (χ4n) is 1.78. The third-order valence-corrected chi connectivity index (χ3v) is 3.14. The lowest BCUT2D eigenvalue weighted by atomic mass is 10.2. The number of nitrogens with one attached hydrogen (secondary N) is 2. The maximum atomic E-state index is 12.0. The van der Waals surface area contributed by atoms with E-state index in [1.54, 1.807) is 29.1 Å². The summed E-state index contributed by atoms with van der Waals surface area (Å²) in [7, 11) is 0. The van der Waals surface area contributed by atoms with Crippen LogP contribution in [0.3, 0.4) is 0 Å². The SMILES string of the molecule is CC[C@H](C)NC(=O)c1cn(-c2ccc(NC(C)=O)cn2)cn1. The Bertz CT molecular complexity index is 663. The van der Waals surface area contributed by atoms with Crippen molar-refractivity contribution in [2.24, 2.45) is 0 Å². The number of carbonyl (C=O) groups excluding carboxylic acids is 2. The topological polar surface area (TPSA) is 88.9 Å². The number of amides is 2. The van der Waals surface area contributed by atoms with Crippen LogP contribution in [-0.2, 0) is 4.79 Å². The van der Waals surface area contributed by atoms with Crippen LogP contribution in [0.15, 0.2) is 30.9 Å². The minimum atomic E-state index is -0.206. The highest BCUT2D eigenvalue weighted by Crippen LogP contribution is 2.10. The van der Waals surface area contributed by atoms with Crippen LogP contribution in [-0.4, -0.2) is 32.4 Å². The summed E-state index contributed by atoms with van der Waals surface area (Å²) in [5.74, 6) is 0.258.